The quantitative estimate of drug-likeness (QED) is 0.132. The molecule has 1 heterocycles. The Hall–Kier alpha value is -2.96. The SMILES string of the molecule is NNC(=O)CCCCCNC(=O)CCN1C(=O)C=CC1=O.O=C(O)C(F)(F)F. The van der Waals surface area contributed by atoms with Crippen molar-refractivity contribution in [2.24, 2.45) is 5.84 Å². The average molecular weight is 410 g/mol. The lowest BCUT2D eigenvalue weighted by atomic mass is 10.2. The minimum absolute atomic E-state index is 0.0904. The minimum Gasteiger partial charge on any atom is -0.475 e. The lowest BCUT2D eigenvalue weighted by Crippen LogP contribution is -2.35. The number of imide groups is 1. The fourth-order valence-electron chi connectivity index (χ4n) is 1.84. The highest BCUT2D eigenvalue weighted by Crippen LogP contribution is 2.13. The number of alkyl halides is 3. The van der Waals surface area contributed by atoms with Crippen LogP contribution in [0.25, 0.3) is 0 Å². The molecule has 5 N–H and O–H groups in total. The van der Waals surface area contributed by atoms with E-state index in [4.69, 9.17) is 15.7 Å². The van der Waals surface area contributed by atoms with E-state index in [9.17, 15) is 32.3 Å². The van der Waals surface area contributed by atoms with Gasteiger partial charge < -0.3 is 10.4 Å². The first-order valence-corrected chi connectivity index (χ1v) is 8.08. The summed E-state index contributed by atoms with van der Waals surface area (Å²) in [6.45, 7) is 0.594. The predicted octanol–water partition coefficient (Wildman–Crippen LogP) is -0.399. The van der Waals surface area contributed by atoms with Crippen molar-refractivity contribution in [3.05, 3.63) is 12.2 Å². The second kappa shape index (κ2) is 12.4. The second-order valence-corrected chi connectivity index (χ2v) is 5.44. The Morgan fingerprint density at radius 1 is 1.00 bits per heavy atom. The molecule has 0 aromatic carbocycles. The fraction of sp³-hybridized carbons (Fsp3) is 0.533. The van der Waals surface area contributed by atoms with Gasteiger partial charge in [0, 0.05) is 38.1 Å². The van der Waals surface area contributed by atoms with E-state index in [0.29, 0.717) is 19.4 Å². The van der Waals surface area contributed by atoms with Gasteiger partial charge in [0.1, 0.15) is 0 Å². The van der Waals surface area contributed by atoms with Crippen LogP contribution in [0.1, 0.15) is 32.1 Å². The van der Waals surface area contributed by atoms with E-state index in [1.165, 1.54) is 12.2 Å². The lowest BCUT2D eigenvalue weighted by molar-refractivity contribution is -0.192. The molecule has 158 valence electrons. The number of hydrogen-bond acceptors (Lipinski definition) is 6. The molecular weight excluding hydrogens is 389 g/mol. The zero-order valence-corrected chi connectivity index (χ0v) is 14.8. The Balaban J connectivity index is 0.000000887. The predicted molar refractivity (Wildman–Crippen MR) is 88.0 cm³/mol. The van der Waals surface area contributed by atoms with Crippen LogP contribution < -0.4 is 16.6 Å². The summed E-state index contributed by atoms with van der Waals surface area (Å²) < 4.78 is 31.7. The van der Waals surface area contributed by atoms with E-state index < -0.39 is 12.1 Å². The van der Waals surface area contributed by atoms with Gasteiger partial charge in [-0.1, -0.05) is 6.42 Å². The highest BCUT2D eigenvalue weighted by Gasteiger charge is 2.38. The highest BCUT2D eigenvalue weighted by atomic mass is 19.4. The monoisotopic (exact) mass is 410 g/mol. The molecule has 0 aliphatic carbocycles. The summed E-state index contributed by atoms with van der Waals surface area (Å²) in [6.07, 6.45) is 0.0373. The Morgan fingerprint density at radius 3 is 2.00 bits per heavy atom. The summed E-state index contributed by atoms with van der Waals surface area (Å²) in [5.74, 6) is 1.01. The molecule has 0 unspecified atom stereocenters. The average Bonchev–Trinajstić information content (AvgIpc) is 2.93. The maximum Gasteiger partial charge on any atom is 0.490 e. The molecule has 1 aliphatic rings. The largest absolute Gasteiger partial charge is 0.490 e. The molecule has 0 fully saturated rings. The number of nitrogens with one attached hydrogen (secondary N) is 2. The standard InChI is InChI=1S/C13H20N4O4.C2HF3O2/c14-16-11(19)4-2-1-3-8-15-10(18)7-9-17-12(20)5-6-13(17)21;3-2(4,5)1(6)7/h5-6H,1-4,7-9,14H2,(H,15,18)(H,16,19);(H,6,7). The van der Waals surface area contributed by atoms with Crippen LogP contribution in [0.5, 0.6) is 0 Å². The first kappa shape index (κ1) is 25.0. The third-order valence-corrected chi connectivity index (χ3v) is 3.27. The summed E-state index contributed by atoms with van der Waals surface area (Å²) in [7, 11) is 0. The molecule has 0 atom stereocenters. The topological polar surface area (TPSA) is 159 Å². The molecule has 10 nitrogen and oxygen atoms in total. The molecule has 0 spiro atoms. The number of halogens is 3. The van der Waals surface area contributed by atoms with Crippen LogP contribution in [0.4, 0.5) is 13.2 Å². The van der Waals surface area contributed by atoms with E-state index in [1.54, 1.807) is 0 Å². The Bertz CT molecular complexity index is 603. The Kier molecular flexibility index (Phi) is 11.1. The fourth-order valence-corrected chi connectivity index (χ4v) is 1.84. The number of carbonyl (C=O) groups is 5. The van der Waals surface area contributed by atoms with Crippen molar-refractivity contribution in [3.63, 3.8) is 0 Å². The molecule has 1 rings (SSSR count). The molecule has 0 saturated heterocycles. The maximum atomic E-state index is 11.5. The van der Waals surface area contributed by atoms with Gasteiger partial charge in [-0.15, -0.1) is 0 Å². The van der Waals surface area contributed by atoms with Gasteiger partial charge >= 0.3 is 12.1 Å². The van der Waals surface area contributed by atoms with Crippen molar-refractivity contribution in [3.8, 4) is 0 Å². The Morgan fingerprint density at radius 2 is 1.54 bits per heavy atom. The van der Waals surface area contributed by atoms with Gasteiger partial charge in [-0.3, -0.25) is 29.5 Å². The van der Waals surface area contributed by atoms with Gasteiger partial charge in [0.2, 0.25) is 11.8 Å². The molecule has 0 bridgehead atoms. The van der Waals surface area contributed by atoms with Gasteiger partial charge in [0.05, 0.1) is 0 Å². The number of amides is 4. The summed E-state index contributed by atoms with van der Waals surface area (Å²) in [5.41, 5.74) is 2.05. The molecular formula is C15H21F3N4O6. The number of nitrogens with two attached hydrogens (primary N) is 1. The molecule has 4 amide bonds. The molecule has 0 aromatic rings. The van der Waals surface area contributed by atoms with Crippen molar-refractivity contribution in [2.75, 3.05) is 13.1 Å². The zero-order chi connectivity index (χ0) is 21.7. The van der Waals surface area contributed by atoms with Gasteiger partial charge in [0.25, 0.3) is 11.8 Å². The van der Waals surface area contributed by atoms with Gasteiger partial charge in [0.15, 0.2) is 0 Å². The van der Waals surface area contributed by atoms with E-state index in [-0.39, 0.29) is 36.6 Å². The van der Waals surface area contributed by atoms with Crippen molar-refractivity contribution in [2.45, 2.75) is 38.3 Å². The number of unbranched alkanes of at least 4 members (excludes halogenated alkanes) is 2. The van der Waals surface area contributed by atoms with E-state index in [1.807, 2.05) is 0 Å². The molecule has 0 aromatic heterocycles. The molecule has 13 heteroatoms. The summed E-state index contributed by atoms with van der Waals surface area (Å²) in [4.78, 5) is 54.8. The van der Waals surface area contributed by atoms with Crippen molar-refractivity contribution in [1.29, 1.82) is 0 Å². The van der Waals surface area contributed by atoms with Crippen molar-refractivity contribution < 1.29 is 42.3 Å². The van der Waals surface area contributed by atoms with Gasteiger partial charge in [-0.2, -0.15) is 13.2 Å². The normalized spacial score (nSPS) is 13.1. The number of carbonyl (C=O) groups excluding carboxylic acids is 4. The number of rotatable bonds is 9. The Labute approximate surface area is 157 Å². The van der Waals surface area contributed by atoms with Crippen LogP contribution in [0.2, 0.25) is 0 Å². The van der Waals surface area contributed by atoms with Crippen molar-refractivity contribution >= 4 is 29.6 Å². The van der Waals surface area contributed by atoms with E-state index >= 15 is 0 Å². The number of nitrogens with zero attached hydrogens (tertiary/aromatic N) is 1. The molecule has 0 saturated carbocycles. The maximum absolute atomic E-state index is 11.5. The highest BCUT2D eigenvalue weighted by molar-refractivity contribution is 6.13. The third-order valence-electron chi connectivity index (χ3n) is 3.27. The van der Waals surface area contributed by atoms with Crippen LogP contribution in [0.3, 0.4) is 0 Å². The third kappa shape index (κ3) is 10.9. The lowest BCUT2D eigenvalue weighted by Gasteiger charge is -2.13. The molecule has 0 radical (unpaired) electrons. The minimum atomic E-state index is -5.08. The van der Waals surface area contributed by atoms with Gasteiger partial charge in [-0.05, 0) is 12.8 Å². The second-order valence-electron chi connectivity index (χ2n) is 5.44. The van der Waals surface area contributed by atoms with Crippen molar-refractivity contribution in [1.82, 2.24) is 15.6 Å². The first-order valence-electron chi connectivity index (χ1n) is 8.08. The van der Waals surface area contributed by atoms with E-state index in [0.717, 1.165) is 17.7 Å². The first-order chi connectivity index (χ1) is 13.0. The van der Waals surface area contributed by atoms with Crippen LogP contribution in [-0.4, -0.2) is 58.9 Å². The summed E-state index contributed by atoms with van der Waals surface area (Å²) >= 11 is 0. The number of aliphatic carboxylic acids is 1. The smallest absolute Gasteiger partial charge is 0.475 e. The molecule has 28 heavy (non-hydrogen) atoms. The van der Waals surface area contributed by atoms with Crippen LogP contribution in [0, 0.1) is 0 Å². The van der Waals surface area contributed by atoms with Gasteiger partial charge in [-0.25, -0.2) is 10.6 Å². The van der Waals surface area contributed by atoms with Crippen LogP contribution in [-0.2, 0) is 24.0 Å². The van der Waals surface area contributed by atoms with Crippen LogP contribution >= 0.6 is 0 Å². The van der Waals surface area contributed by atoms with E-state index in [2.05, 4.69) is 10.7 Å². The van der Waals surface area contributed by atoms with Crippen LogP contribution in [0.15, 0.2) is 12.2 Å². The number of hydrogen-bond donors (Lipinski definition) is 4. The number of carboxylic acid groups (broad SMARTS) is 1. The number of carboxylic acids is 1. The molecule has 1 aliphatic heterocycles. The number of hydrazine groups is 1. The summed E-state index contributed by atoms with van der Waals surface area (Å²) in [5, 5.41) is 9.83. The summed E-state index contributed by atoms with van der Waals surface area (Å²) in [6, 6.07) is 0. The zero-order valence-electron chi connectivity index (χ0n) is 14.8.